The number of aromatic nitrogens is 1. The van der Waals surface area contributed by atoms with Crippen LogP contribution in [-0.2, 0) is 26.1 Å². The van der Waals surface area contributed by atoms with E-state index in [1.165, 1.54) is 23.8 Å². The van der Waals surface area contributed by atoms with E-state index in [2.05, 4.69) is 87.0 Å². The Morgan fingerprint density at radius 3 is 2.31 bits per heavy atom. The molecule has 0 spiro atoms. The standard InChI is InChI=1S/C32H35NO3/c1-6-31(22-36-31)16-15-25-9-14-29(17-23(25)4)32(7-2,8-3)28-12-10-26(11-13-28)27-18-24(20-33-21-27)19-30(34)35-5/h9-14,17-18,20-21H,6-8,19,22H2,1-5H3. The number of methoxy groups -OCH3 is 1. The number of aryl methyl sites for hydroxylation is 1. The van der Waals surface area contributed by atoms with Gasteiger partial charge in [0.25, 0.3) is 0 Å². The van der Waals surface area contributed by atoms with E-state index in [1.54, 1.807) is 6.20 Å². The Kier molecular flexibility index (Phi) is 7.62. The first-order valence-corrected chi connectivity index (χ1v) is 12.8. The molecule has 1 fully saturated rings. The molecule has 1 aliphatic rings. The quantitative estimate of drug-likeness (QED) is 0.212. The molecular formula is C32H35NO3. The van der Waals surface area contributed by atoms with Crippen LogP contribution in [0.2, 0.25) is 0 Å². The number of epoxide rings is 1. The number of pyridine rings is 1. The molecule has 1 saturated heterocycles. The van der Waals surface area contributed by atoms with Crippen LogP contribution in [0.15, 0.2) is 60.9 Å². The number of nitrogens with zero attached hydrogens (tertiary/aromatic N) is 1. The Hall–Kier alpha value is -3.42. The molecular weight excluding hydrogens is 446 g/mol. The molecule has 0 N–H and O–H groups in total. The summed E-state index contributed by atoms with van der Waals surface area (Å²) in [7, 11) is 1.40. The van der Waals surface area contributed by atoms with Crippen LogP contribution in [0.3, 0.4) is 0 Å². The molecule has 3 aromatic rings. The van der Waals surface area contributed by atoms with E-state index in [1.807, 2.05) is 12.3 Å². The van der Waals surface area contributed by atoms with Crippen molar-refractivity contribution in [3.8, 4) is 23.0 Å². The molecule has 1 aliphatic heterocycles. The smallest absolute Gasteiger partial charge is 0.310 e. The summed E-state index contributed by atoms with van der Waals surface area (Å²) in [5.74, 6) is 6.42. The maximum Gasteiger partial charge on any atom is 0.310 e. The summed E-state index contributed by atoms with van der Waals surface area (Å²) in [6, 6.07) is 17.5. The predicted octanol–water partition coefficient (Wildman–Crippen LogP) is 6.41. The molecule has 1 atom stereocenters. The average molecular weight is 482 g/mol. The minimum atomic E-state index is -0.266. The lowest BCUT2D eigenvalue weighted by molar-refractivity contribution is -0.139. The lowest BCUT2D eigenvalue weighted by atomic mass is 9.70. The van der Waals surface area contributed by atoms with Gasteiger partial charge in [0.05, 0.1) is 20.1 Å². The average Bonchev–Trinajstić information content (AvgIpc) is 3.70. The summed E-state index contributed by atoms with van der Waals surface area (Å²) in [6.07, 6.45) is 6.68. The molecule has 0 amide bonds. The Labute approximate surface area is 215 Å². The van der Waals surface area contributed by atoms with E-state index in [0.29, 0.717) is 0 Å². The molecule has 4 nitrogen and oxygen atoms in total. The highest BCUT2D eigenvalue weighted by atomic mass is 16.6. The molecule has 0 bridgehead atoms. The highest BCUT2D eigenvalue weighted by Gasteiger charge is 2.41. The number of hydrogen-bond donors (Lipinski definition) is 0. The zero-order valence-electron chi connectivity index (χ0n) is 22.0. The van der Waals surface area contributed by atoms with Gasteiger partial charge in [-0.15, -0.1) is 0 Å². The summed E-state index contributed by atoms with van der Waals surface area (Å²) in [6.45, 7) is 9.53. The molecule has 1 unspecified atom stereocenters. The Bertz CT molecular complexity index is 1290. The topological polar surface area (TPSA) is 51.7 Å². The van der Waals surface area contributed by atoms with Gasteiger partial charge in [-0.25, -0.2) is 0 Å². The van der Waals surface area contributed by atoms with Gasteiger partial charge >= 0.3 is 5.97 Å². The van der Waals surface area contributed by atoms with Gasteiger partial charge in [0.1, 0.15) is 0 Å². The van der Waals surface area contributed by atoms with Gasteiger partial charge in [0, 0.05) is 28.9 Å². The first-order chi connectivity index (χ1) is 17.4. The minimum Gasteiger partial charge on any atom is -0.469 e. The second-order valence-corrected chi connectivity index (χ2v) is 9.62. The lowest BCUT2D eigenvalue weighted by Gasteiger charge is -2.34. The number of ether oxygens (including phenoxy) is 2. The maximum atomic E-state index is 11.7. The van der Waals surface area contributed by atoms with Crippen LogP contribution in [-0.4, -0.2) is 30.3 Å². The van der Waals surface area contributed by atoms with Gasteiger partial charge < -0.3 is 9.47 Å². The number of rotatable bonds is 8. The fraction of sp³-hybridized carbons (Fsp3) is 0.375. The third-order valence-electron chi connectivity index (χ3n) is 7.62. The highest BCUT2D eigenvalue weighted by molar-refractivity contribution is 5.73. The summed E-state index contributed by atoms with van der Waals surface area (Å²) in [5.41, 5.74) is 7.49. The third-order valence-corrected chi connectivity index (χ3v) is 7.62. The summed E-state index contributed by atoms with van der Waals surface area (Å²) in [4.78, 5) is 16.0. The van der Waals surface area contributed by atoms with E-state index in [9.17, 15) is 4.79 Å². The van der Waals surface area contributed by atoms with Gasteiger partial charge in [0.15, 0.2) is 5.60 Å². The van der Waals surface area contributed by atoms with Crippen molar-refractivity contribution in [2.45, 2.75) is 64.4 Å². The zero-order chi connectivity index (χ0) is 25.8. The van der Waals surface area contributed by atoms with Crippen LogP contribution < -0.4 is 0 Å². The Morgan fingerprint density at radius 1 is 1.03 bits per heavy atom. The van der Waals surface area contributed by atoms with Crippen molar-refractivity contribution < 1.29 is 14.3 Å². The first-order valence-electron chi connectivity index (χ1n) is 12.8. The zero-order valence-corrected chi connectivity index (χ0v) is 22.0. The number of hydrogen-bond acceptors (Lipinski definition) is 4. The van der Waals surface area contributed by atoms with Gasteiger partial charge in [-0.05, 0) is 66.1 Å². The Morgan fingerprint density at radius 2 is 1.72 bits per heavy atom. The second kappa shape index (κ2) is 10.7. The predicted molar refractivity (Wildman–Crippen MR) is 144 cm³/mol. The minimum absolute atomic E-state index is 0.0789. The van der Waals surface area contributed by atoms with Crippen molar-refractivity contribution in [1.82, 2.24) is 4.98 Å². The summed E-state index contributed by atoms with van der Waals surface area (Å²) >= 11 is 0. The van der Waals surface area contributed by atoms with Gasteiger partial charge in [-0.3, -0.25) is 9.78 Å². The van der Waals surface area contributed by atoms with Crippen LogP contribution in [0.4, 0.5) is 0 Å². The second-order valence-electron chi connectivity index (χ2n) is 9.62. The summed E-state index contributed by atoms with van der Waals surface area (Å²) < 4.78 is 10.3. The molecule has 4 rings (SSSR count). The van der Waals surface area contributed by atoms with Crippen molar-refractivity contribution in [2.75, 3.05) is 13.7 Å². The SMILES string of the molecule is CCC1(C#Cc2ccc(C(CC)(CC)c3ccc(-c4cncc(CC(=O)OC)c4)cc3)cc2C)CO1. The van der Waals surface area contributed by atoms with Crippen molar-refractivity contribution in [3.63, 3.8) is 0 Å². The molecule has 2 aromatic carbocycles. The van der Waals surface area contributed by atoms with E-state index in [-0.39, 0.29) is 23.4 Å². The van der Waals surface area contributed by atoms with E-state index >= 15 is 0 Å². The van der Waals surface area contributed by atoms with Gasteiger partial charge in [0.2, 0.25) is 0 Å². The Balaban J connectivity index is 1.62. The number of benzene rings is 2. The fourth-order valence-electron chi connectivity index (χ4n) is 4.93. The van der Waals surface area contributed by atoms with Crippen LogP contribution >= 0.6 is 0 Å². The van der Waals surface area contributed by atoms with E-state index in [0.717, 1.165) is 48.1 Å². The molecule has 1 aromatic heterocycles. The largest absolute Gasteiger partial charge is 0.469 e. The van der Waals surface area contributed by atoms with Gasteiger partial charge in [-0.2, -0.15) is 0 Å². The molecule has 0 aliphatic carbocycles. The lowest BCUT2D eigenvalue weighted by Crippen LogP contribution is -2.26. The van der Waals surface area contributed by atoms with E-state index in [4.69, 9.17) is 9.47 Å². The monoisotopic (exact) mass is 481 g/mol. The van der Waals surface area contributed by atoms with Crippen molar-refractivity contribution >= 4 is 5.97 Å². The normalized spacial score (nSPS) is 16.7. The maximum absolute atomic E-state index is 11.7. The summed E-state index contributed by atoms with van der Waals surface area (Å²) in [5, 5.41) is 0. The molecule has 2 heterocycles. The molecule has 0 radical (unpaired) electrons. The molecule has 36 heavy (non-hydrogen) atoms. The number of esters is 1. The van der Waals surface area contributed by atoms with Gasteiger partial charge in [-0.1, -0.05) is 69.0 Å². The van der Waals surface area contributed by atoms with E-state index < -0.39 is 0 Å². The van der Waals surface area contributed by atoms with Crippen molar-refractivity contribution in [1.29, 1.82) is 0 Å². The molecule has 0 saturated carbocycles. The van der Waals surface area contributed by atoms with Crippen LogP contribution in [0.1, 0.15) is 67.9 Å². The third kappa shape index (κ3) is 5.22. The van der Waals surface area contributed by atoms with Crippen LogP contribution in [0.25, 0.3) is 11.1 Å². The highest BCUT2D eigenvalue weighted by Crippen LogP contribution is 2.40. The molecule has 4 heteroatoms. The number of carbonyl (C=O) groups excluding carboxylic acids is 1. The number of carbonyl (C=O) groups is 1. The molecule has 186 valence electrons. The van der Waals surface area contributed by atoms with Crippen molar-refractivity contribution in [3.05, 3.63) is 88.7 Å². The fourth-order valence-corrected chi connectivity index (χ4v) is 4.93. The van der Waals surface area contributed by atoms with Crippen LogP contribution in [0, 0.1) is 18.8 Å². The van der Waals surface area contributed by atoms with Crippen molar-refractivity contribution in [2.24, 2.45) is 0 Å². The van der Waals surface area contributed by atoms with Crippen LogP contribution in [0.5, 0.6) is 0 Å². The first kappa shape index (κ1) is 25.7.